The quantitative estimate of drug-likeness (QED) is 0.235. The highest BCUT2D eigenvalue weighted by atomic mass is 32.2. The van der Waals surface area contributed by atoms with Crippen LogP contribution >= 0.6 is 11.8 Å². The summed E-state index contributed by atoms with van der Waals surface area (Å²) < 4.78 is 11.5. The van der Waals surface area contributed by atoms with Crippen molar-refractivity contribution in [3.05, 3.63) is 69.6 Å². The van der Waals surface area contributed by atoms with Crippen molar-refractivity contribution in [3.63, 3.8) is 0 Å². The number of benzene rings is 2. The number of non-ortho nitro benzene ring substituents is 1. The van der Waals surface area contributed by atoms with Gasteiger partial charge in [-0.05, 0) is 45.0 Å². The van der Waals surface area contributed by atoms with E-state index in [1.165, 1.54) is 23.9 Å². The fourth-order valence-corrected chi connectivity index (χ4v) is 3.63. The van der Waals surface area contributed by atoms with Gasteiger partial charge in [0.2, 0.25) is 17.7 Å². The molecule has 0 aliphatic carbocycles. The number of aromatic nitrogens is 4. The molecule has 2 heterocycles. The number of hydrogen-bond donors (Lipinski definition) is 0. The molecule has 0 aliphatic rings. The molecule has 10 heteroatoms. The lowest BCUT2D eigenvalue weighted by Crippen LogP contribution is -1.88. The Kier molecular flexibility index (Phi) is 5.32. The van der Waals surface area contributed by atoms with Crippen LogP contribution in [0.1, 0.15) is 29.2 Å². The van der Waals surface area contributed by atoms with E-state index in [4.69, 9.17) is 8.83 Å². The molecule has 0 saturated carbocycles. The van der Waals surface area contributed by atoms with E-state index >= 15 is 0 Å². The van der Waals surface area contributed by atoms with E-state index in [-0.39, 0.29) is 16.8 Å². The molecule has 30 heavy (non-hydrogen) atoms. The van der Waals surface area contributed by atoms with Crippen molar-refractivity contribution in [3.8, 4) is 22.9 Å². The highest BCUT2D eigenvalue weighted by Crippen LogP contribution is 2.35. The standard InChI is InChI=1S/C20H17N5O4S/c1-11-8-12(2)10-15(9-11)19-23-24-20(29-19)30-13(3)17-21-22-18(28-17)14-4-6-16(7-5-14)25(26)27/h4-10,13H,1-3H3/t13-/m0/s1. The maximum Gasteiger partial charge on any atom is 0.277 e. The lowest BCUT2D eigenvalue weighted by atomic mass is 10.1. The molecule has 0 aliphatic heterocycles. The summed E-state index contributed by atoms with van der Waals surface area (Å²) in [4.78, 5) is 10.3. The average Bonchev–Trinajstić information content (AvgIpc) is 3.37. The average molecular weight is 423 g/mol. The first-order valence-corrected chi connectivity index (χ1v) is 9.94. The van der Waals surface area contributed by atoms with Crippen LogP contribution in [-0.2, 0) is 0 Å². The molecule has 2 aromatic carbocycles. The number of rotatable bonds is 6. The largest absolute Gasteiger partial charge is 0.419 e. The van der Waals surface area contributed by atoms with E-state index in [0.29, 0.717) is 22.6 Å². The highest BCUT2D eigenvalue weighted by molar-refractivity contribution is 7.99. The molecular formula is C20H17N5O4S. The molecule has 4 aromatic rings. The zero-order chi connectivity index (χ0) is 21.3. The Labute approximate surface area is 175 Å². The van der Waals surface area contributed by atoms with Crippen molar-refractivity contribution in [2.75, 3.05) is 0 Å². The van der Waals surface area contributed by atoms with Crippen LogP contribution in [-0.4, -0.2) is 25.3 Å². The van der Waals surface area contributed by atoms with Crippen LogP contribution in [0, 0.1) is 24.0 Å². The molecule has 0 saturated heterocycles. The second-order valence-corrected chi connectivity index (χ2v) is 8.05. The van der Waals surface area contributed by atoms with E-state index in [1.54, 1.807) is 12.1 Å². The van der Waals surface area contributed by atoms with Gasteiger partial charge in [0.15, 0.2) is 0 Å². The molecule has 0 amide bonds. The third-order valence-corrected chi connectivity index (χ3v) is 5.19. The molecule has 0 unspecified atom stereocenters. The SMILES string of the molecule is Cc1cc(C)cc(-c2nnc(S[C@@H](C)c3nnc(-c4ccc([N+](=O)[O-])cc4)o3)o2)c1. The smallest absolute Gasteiger partial charge is 0.277 e. The lowest BCUT2D eigenvalue weighted by Gasteiger charge is -2.02. The van der Waals surface area contributed by atoms with Gasteiger partial charge in [0.25, 0.3) is 10.9 Å². The Morgan fingerprint density at radius 1 is 0.900 bits per heavy atom. The van der Waals surface area contributed by atoms with Gasteiger partial charge in [-0.25, -0.2) is 0 Å². The predicted octanol–water partition coefficient (Wildman–Crippen LogP) is 5.16. The summed E-state index contributed by atoms with van der Waals surface area (Å²) >= 11 is 1.31. The normalized spacial score (nSPS) is 12.1. The van der Waals surface area contributed by atoms with Crippen molar-refractivity contribution in [1.29, 1.82) is 0 Å². The van der Waals surface area contributed by atoms with Gasteiger partial charge in [0.05, 0.1) is 10.2 Å². The molecule has 152 valence electrons. The van der Waals surface area contributed by atoms with Gasteiger partial charge in [0, 0.05) is 23.3 Å². The molecule has 0 radical (unpaired) electrons. The Morgan fingerprint density at radius 3 is 2.20 bits per heavy atom. The van der Waals surface area contributed by atoms with Crippen molar-refractivity contribution in [1.82, 2.24) is 20.4 Å². The van der Waals surface area contributed by atoms with Crippen LogP contribution in [0.4, 0.5) is 5.69 Å². The van der Waals surface area contributed by atoms with E-state index in [0.717, 1.165) is 16.7 Å². The number of nitrogens with zero attached hydrogens (tertiary/aromatic N) is 5. The van der Waals surface area contributed by atoms with Gasteiger partial charge in [-0.3, -0.25) is 10.1 Å². The van der Waals surface area contributed by atoms with E-state index < -0.39 is 4.92 Å². The second-order valence-electron chi connectivity index (χ2n) is 6.76. The number of thioether (sulfide) groups is 1. The predicted molar refractivity (Wildman–Crippen MR) is 110 cm³/mol. The number of nitro benzene ring substituents is 1. The van der Waals surface area contributed by atoms with E-state index in [9.17, 15) is 10.1 Å². The topological polar surface area (TPSA) is 121 Å². The summed E-state index contributed by atoms with van der Waals surface area (Å²) in [7, 11) is 0. The van der Waals surface area contributed by atoms with E-state index in [2.05, 4.69) is 26.5 Å². The van der Waals surface area contributed by atoms with Crippen LogP contribution < -0.4 is 0 Å². The summed E-state index contributed by atoms with van der Waals surface area (Å²) in [5.74, 6) is 1.13. The zero-order valence-corrected chi connectivity index (χ0v) is 17.2. The van der Waals surface area contributed by atoms with Crippen molar-refractivity contribution < 1.29 is 13.8 Å². The lowest BCUT2D eigenvalue weighted by molar-refractivity contribution is -0.384. The van der Waals surface area contributed by atoms with Gasteiger partial charge in [0.1, 0.15) is 0 Å². The van der Waals surface area contributed by atoms with Gasteiger partial charge < -0.3 is 8.83 Å². The Morgan fingerprint density at radius 2 is 1.53 bits per heavy atom. The number of hydrogen-bond acceptors (Lipinski definition) is 9. The molecule has 0 N–H and O–H groups in total. The first-order chi connectivity index (χ1) is 14.4. The molecule has 0 fully saturated rings. The van der Waals surface area contributed by atoms with Crippen LogP contribution in [0.5, 0.6) is 0 Å². The summed E-state index contributed by atoms with van der Waals surface area (Å²) in [6.45, 7) is 5.92. The minimum absolute atomic E-state index is 0.00147. The van der Waals surface area contributed by atoms with Crippen LogP contribution in [0.3, 0.4) is 0 Å². The third-order valence-electron chi connectivity index (χ3n) is 4.27. The first-order valence-electron chi connectivity index (χ1n) is 9.06. The van der Waals surface area contributed by atoms with Gasteiger partial charge >= 0.3 is 0 Å². The summed E-state index contributed by atoms with van der Waals surface area (Å²) in [5.41, 5.74) is 3.72. The Bertz CT molecular complexity index is 1180. The summed E-state index contributed by atoms with van der Waals surface area (Å²) in [5, 5.41) is 27.3. The second kappa shape index (κ2) is 8.07. The molecular weight excluding hydrogens is 406 g/mol. The molecule has 1 atom stereocenters. The van der Waals surface area contributed by atoms with E-state index in [1.807, 2.05) is 32.9 Å². The summed E-state index contributed by atoms with van der Waals surface area (Å²) in [6.07, 6.45) is 0. The molecule has 0 bridgehead atoms. The minimum Gasteiger partial charge on any atom is -0.419 e. The van der Waals surface area contributed by atoms with Crippen molar-refractivity contribution in [2.24, 2.45) is 0 Å². The highest BCUT2D eigenvalue weighted by Gasteiger charge is 2.20. The van der Waals surface area contributed by atoms with Crippen LogP contribution in [0.15, 0.2) is 56.5 Å². The maximum atomic E-state index is 10.8. The van der Waals surface area contributed by atoms with Gasteiger partial charge in [-0.15, -0.1) is 20.4 Å². The van der Waals surface area contributed by atoms with Crippen molar-refractivity contribution in [2.45, 2.75) is 31.2 Å². The maximum absolute atomic E-state index is 10.8. The number of nitro groups is 1. The fraction of sp³-hybridized carbons (Fsp3) is 0.200. The monoisotopic (exact) mass is 423 g/mol. The summed E-state index contributed by atoms with van der Waals surface area (Å²) in [6, 6.07) is 12.0. The Hall–Kier alpha value is -3.53. The molecule has 2 aromatic heterocycles. The molecule has 4 rings (SSSR count). The fourth-order valence-electron chi connectivity index (χ4n) is 2.92. The van der Waals surface area contributed by atoms with Crippen LogP contribution in [0.2, 0.25) is 0 Å². The van der Waals surface area contributed by atoms with Crippen molar-refractivity contribution >= 4 is 17.4 Å². The minimum atomic E-state index is -0.460. The van der Waals surface area contributed by atoms with Crippen LogP contribution in [0.25, 0.3) is 22.9 Å². The molecule has 0 spiro atoms. The van der Waals surface area contributed by atoms with Gasteiger partial charge in [-0.1, -0.05) is 29.0 Å². The molecule has 9 nitrogen and oxygen atoms in total. The Balaban J connectivity index is 1.48. The number of aryl methyl sites for hydroxylation is 2. The third kappa shape index (κ3) is 4.23. The zero-order valence-electron chi connectivity index (χ0n) is 16.4. The van der Waals surface area contributed by atoms with Gasteiger partial charge in [-0.2, -0.15) is 0 Å². The first kappa shape index (κ1) is 19.8.